The zero-order chi connectivity index (χ0) is 13.5. The largest absolute Gasteiger partial charge is 0.463 e. The molecule has 0 unspecified atom stereocenters. The third kappa shape index (κ3) is 4.04. The summed E-state index contributed by atoms with van der Waals surface area (Å²) in [7, 11) is 0. The number of nitrogens with zero attached hydrogens (tertiary/aromatic N) is 4. The van der Waals surface area contributed by atoms with Crippen LogP contribution in [0.15, 0.2) is 0 Å². The van der Waals surface area contributed by atoms with Crippen molar-refractivity contribution in [3.63, 3.8) is 0 Å². The lowest BCUT2D eigenvalue weighted by Gasteiger charge is -2.19. The summed E-state index contributed by atoms with van der Waals surface area (Å²) >= 11 is 0. The van der Waals surface area contributed by atoms with E-state index in [0.29, 0.717) is 13.2 Å². The lowest BCUT2D eigenvalue weighted by atomic mass is 10.5. The Kier molecular flexibility index (Phi) is 5.09. The molecule has 4 N–H and O–H groups in total. The van der Waals surface area contributed by atoms with Crippen molar-refractivity contribution in [3.8, 4) is 6.01 Å². The van der Waals surface area contributed by atoms with E-state index in [1.54, 1.807) is 4.90 Å². The number of rotatable bonds is 7. The van der Waals surface area contributed by atoms with Crippen LogP contribution in [0.25, 0.3) is 0 Å². The molecule has 0 aliphatic heterocycles. The highest BCUT2D eigenvalue weighted by Crippen LogP contribution is 2.13. The van der Waals surface area contributed by atoms with Crippen LogP contribution < -0.4 is 21.1 Å². The number of primary amides is 1. The fraction of sp³-hybridized carbons (Fsp3) is 0.600. The molecular formula is C10H18N6O2. The highest BCUT2D eigenvalue weighted by molar-refractivity contribution is 5.78. The van der Waals surface area contributed by atoms with E-state index in [4.69, 9.17) is 16.2 Å². The first-order valence-electron chi connectivity index (χ1n) is 5.74. The maximum absolute atomic E-state index is 10.9. The summed E-state index contributed by atoms with van der Waals surface area (Å²) in [6.07, 6.45) is 0.833. The molecule has 0 radical (unpaired) electrons. The summed E-state index contributed by atoms with van der Waals surface area (Å²) in [5, 5.41) is 0. The van der Waals surface area contributed by atoms with Crippen molar-refractivity contribution in [2.75, 3.05) is 30.3 Å². The van der Waals surface area contributed by atoms with Crippen molar-refractivity contribution in [1.29, 1.82) is 0 Å². The number of nitrogens with two attached hydrogens (primary N) is 2. The Labute approximate surface area is 105 Å². The number of hydrogen-bond acceptors (Lipinski definition) is 7. The van der Waals surface area contributed by atoms with Crippen molar-refractivity contribution in [2.24, 2.45) is 5.73 Å². The number of amides is 1. The second kappa shape index (κ2) is 6.58. The maximum atomic E-state index is 10.9. The molecule has 1 amide bonds. The quantitative estimate of drug-likeness (QED) is 0.676. The number of carbonyl (C=O) groups excluding carboxylic acids is 1. The minimum absolute atomic E-state index is 0.0210. The minimum Gasteiger partial charge on any atom is -0.463 e. The van der Waals surface area contributed by atoms with Gasteiger partial charge in [-0.1, -0.05) is 6.92 Å². The standard InChI is InChI=1S/C10H18N6O2/c1-3-5-18-10-14-8(12)13-9(15-10)16(4-2)6-7(11)17/h3-6H2,1-2H3,(H2,11,17)(H2,12,13,14,15). The molecular weight excluding hydrogens is 236 g/mol. The highest BCUT2D eigenvalue weighted by atomic mass is 16.5. The van der Waals surface area contributed by atoms with Gasteiger partial charge in [0.2, 0.25) is 17.8 Å². The van der Waals surface area contributed by atoms with E-state index in [2.05, 4.69) is 15.0 Å². The predicted octanol–water partition coefficient (Wildman–Crippen LogP) is -0.446. The van der Waals surface area contributed by atoms with Gasteiger partial charge >= 0.3 is 6.01 Å². The van der Waals surface area contributed by atoms with Gasteiger partial charge in [0.15, 0.2) is 0 Å². The molecule has 1 rings (SSSR count). The first kappa shape index (κ1) is 13.9. The highest BCUT2D eigenvalue weighted by Gasteiger charge is 2.13. The number of ether oxygens (including phenoxy) is 1. The number of anilines is 2. The lowest BCUT2D eigenvalue weighted by Crippen LogP contribution is -2.35. The molecule has 8 heteroatoms. The predicted molar refractivity (Wildman–Crippen MR) is 67.1 cm³/mol. The SMILES string of the molecule is CCCOc1nc(N)nc(N(CC)CC(N)=O)n1. The van der Waals surface area contributed by atoms with Gasteiger partial charge in [0.05, 0.1) is 13.2 Å². The number of nitrogen functional groups attached to an aromatic ring is 1. The summed E-state index contributed by atoms with van der Waals surface area (Å²) in [5.41, 5.74) is 10.7. The summed E-state index contributed by atoms with van der Waals surface area (Å²) in [5.74, 6) is -0.129. The maximum Gasteiger partial charge on any atom is 0.323 e. The van der Waals surface area contributed by atoms with Gasteiger partial charge in [0.1, 0.15) is 0 Å². The number of carbonyl (C=O) groups is 1. The van der Waals surface area contributed by atoms with Crippen LogP contribution in [0.4, 0.5) is 11.9 Å². The van der Waals surface area contributed by atoms with Crippen LogP contribution in [0.5, 0.6) is 6.01 Å². The Morgan fingerprint density at radius 3 is 2.61 bits per heavy atom. The van der Waals surface area contributed by atoms with Crippen molar-refractivity contribution < 1.29 is 9.53 Å². The van der Waals surface area contributed by atoms with Gasteiger partial charge in [-0.05, 0) is 13.3 Å². The summed E-state index contributed by atoms with van der Waals surface area (Å²) in [6, 6.07) is 0.155. The third-order valence-electron chi connectivity index (χ3n) is 2.07. The summed E-state index contributed by atoms with van der Waals surface area (Å²) in [4.78, 5) is 24.4. The number of likely N-dealkylation sites (N-methyl/N-ethyl adjacent to an activating group) is 1. The number of hydrogen-bond donors (Lipinski definition) is 2. The molecule has 0 aliphatic carbocycles. The fourth-order valence-corrected chi connectivity index (χ4v) is 1.27. The van der Waals surface area contributed by atoms with Crippen LogP contribution in [0.2, 0.25) is 0 Å². The van der Waals surface area contributed by atoms with Gasteiger partial charge in [-0.2, -0.15) is 15.0 Å². The first-order valence-corrected chi connectivity index (χ1v) is 5.74. The third-order valence-corrected chi connectivity index (χ3v) is 2.07. The fourth-order valence-electron chi connectivity index (χ4n) is 1.27. The van der Waals surface area contributed by atoms with E-state index in [9.17, 15) is 4.79 Å². The van der Waals surface area contributed by atoms with Gasteiger partial charge in [0.25, 0.3) is 0 Å². The number of aromatic nitrogens is 3. The van der Waals surface area contributed by atoms with Crippen LogP contribution in [0, 0.1) is 0 Å². The van der Waals surface area contributed by atoms with Crippen molar-refractivity contribution >= 4 is 17.8 Å². The Balaban J connectivity index is 2.91. The second-order valence-corrected chi connectivity index (χ2v) is 3.61. The molecule has 100 valence electrons. The average Bonchev–Trinajstić information content (AvgIpc) is 2.32. The van der Waals surface area contributed by atoms with Crippen LogP contribution in [-0.4, -0.2) is 40.6 Å². The van der Waals surface area contributed by atoms with Gasteiger partial charge < -0.3 is 21.1 Å². The molecule has 1 heterocycles. The Hall–Kier alpha value is -2.12. The molecule has 8 nitrogen and oxygen atoms in total. The molecule has 0 bridgehead atoms. The lowest BCUT2D eigenvalue weighted by molar-refractivity contribution is -0.116. The molecule has 0 saturated heterocycles. The molecule has 1 aromatic rings. The molecule has 0 aromatic carbocycles. The van der Waals surface area contributed by atoms with E-state index in [-0.39, 0.29) is 24.5 Å². The molecule has 1 aromatic heterocycles. The zero-order valence-electron chi connectivity index (χ0n) is 10.6. The summed E-state index contributed by atoms with van der Waals surface area (Å²) in [6.45, 7) is 4.87. The topological polar surface area (TPSA) is 120 Å². The average molecular weight is 254 g/mol. The van der Waals surface area contributed by atoms with Gasteiger partial charge in [-0.15, -0.1) is 0 Å². The normalized spacial score (nSPS) is 10.1. The van der Waals surface area contributed by atoms with E-state index in [1.807, 2.05) is 13.8 Å². The van der Waals surface area contributed by atoms with Crippen LogP contribution in [0.3, 0.4) is 0 Å². The smallest absolute Gasteiger partial charge is 0.323 e. The Morgan fingerprint density at radius 1 is 1.33 bits per heavy atom. The van der Waals surface area contributed by atoms with Crippen LogP contribution in [-0.2, 0) is 4.79 Å². The monoisotopic (exact) mass is 254 g/mol. The zero-order valence-corrected chi connectivity index (χ0v) is 10.6. The Morgan fingerprint density at radius 2 is 2.06 bits per heavy atom. The van der Waals surface area contributed by atoms with E-state index in [0.717, 1.165) is 6.42 Å². The molecule has 0 spiro atoms. The van der Waals surface area contributed by atoms with E-state index >= 15 is 0 Å². The first-order chi connectivity index (χ1) is 8.56. The Bertz CT molecular complexity index is 411. The van der Waals surface area contributed by atoms with Crippen LogP contribution >= 0.6 is 0 Å². The van der Waals surface area contributed by atoms with Crippen molar-refractivity contribution in [3.05, 3.63) is 0 Å². The van der Waals surface area contributed by atoms with Gasteiger partial charge in [0, 0.05) is 6.54 Å². The van der Waals surface area contributed by atoms with Crippen molar-refractivity contribution in [2.45, 2.75) is 20.3 Å². The molecule has 18 heavy (non-hydrogen) atoms. The van der Waals surface area contributed by atoms with Gasteiger partial charge in [-0.3, -0.25) is 4.79 Å². The summed E-state index contributed by atoms with van der Waals surface area (Å²) < 4.78 is 5.29. The van der Waals surface area contributed by atoms with E-state index < -0.39 is 5.91 Å². The molecule has 0 saturated carbocycles. The molecule has 0 fully saturated rings. The molecule has 0 aliphatic rings. The second-order valence-electron chi connectivity index (χ2n) is 3.61. The van der Waals surface area contributed by atoms with Gasteiger partial charge in [-0.25, -0.2) is 0 Å². The molecule has 0 atom stereocenters. The van der Waals surface area contributed by atoms with Crippen LogP contribution in [0.1, 0.15) is 20.3 Å². The minimum atomic E-state index is -0.466. The van der Waals surface area contributed by atoms with Crippen molar-refractivity contribution in [1.82, 2.24) is 15.0 Å². The van der Waals surface area contributed by atoms with E-state index in [1.165, 1.54) is 0 Å².